The van der Waals surface area contributed by atoms with Crippen molar-refractivity contribution in [1.29, 1.82) is 0 Å². The van der Waals surface area contributed by atoms with Gasteiger partial charge < -0.3 is 15.0 Å². The van der Waals surface area contributed by atoms with E-state index >= 15 is 0 Å². The summed E-state index contributed by atoms with van der Waals surface area (Å²) in [5, 5.41) is 7.30. The Labute approximate surface area is 182 Å². The number of carbonyl (C=O) groups excluding carboxylic acids is 1. The molecule has 3 aromatic heterocycles. The van der Waals surface area contributed by atoms with E-state index in [2.05, 4.69) is 34.1 Å². The lowest BCUT2D eigenvalue weighted by molar-refractivity contribution is -0.126. The normalized spacial score (nSPS) is 17.3. The van der Waals surface area contributed by atoms with Crippen molar-refractivity contribution in [2.24, 2.45) is 17.8 Å². The number of pyridine rings is 1. The molecule has 0 aliphatic carbocycles. The number of fused-ring (bicyclic) bond motifs is 1. The Bertz CT molecular complexity index is 1060. The number of ether oxygens (including phenoxy) is 1. The molecule has 31 heavy (non-hydrogen) atoms. The highest BCUT2D eigenvalue weighted by Gasteiger charge is 2.34. The van der Waals surface area contributed by atoms with Crippen molar-refractivity contribution in [1.82, 2.24) is 24.9 Å². The highest BCUT2D eigenvalue weighted by atomic mass is 16.5. The zero-order chi connectivity index (χ0) is 22.0. The number of hydrogen-bond donors (Lipinski definition) is 1. The number of aromatic nitrogens is 4. The molecule has 1 amide bonds. The lowest BCUT2D eigenvalue weighted by Crippen LogP contribution is -2.35. The highest BCUT2D eigenvalue weighted by molar-refractivity contribution is 5.81. The van der Waals surface area contributed by atoms with Gasteiger partial charge in [-0.2, -0.15) is 5.10 Å². The van der Waals surface area contributed by atoms with E-state index in [4.69, 9.17) is 9.72 Å². The molecule has 0 aromatic carbocycles. The summed E-state index contributed by atoms with van der Waals surface area (Å²) in [6, 6.07) is 5.83. The van der Waals surface area contributed by atoms with E-state index in [-0.39, 0.29) is 11.8 Å². The lowest BCUT2D eigenvalue weighted by atomic mass is 9.84. The SMILES string of the molecule is CNC(=O)C(CC(C)C)[C@@H]1CCN(c2ccn3ncc(-c4cccnc4OC)c3n2)C1. The summed E-state index contributed by atoms with van der Waals surface area (Å²) in [5.41, 5.74) is 2.50. The predicted molar refractivity (Wildman–Crippen MR) is 120 cm³/mol. The van der Waals surface area contributed by atoms with E-state index in [1.165, 1.54) is 0 Å². The van der Waals surface area contributed by atoms with E-state index in [9.17, 15) is 4.79 Å². The van der Waals surface area contributed by atoms with Crippen molar-refractivity contribution < 1.29 is 9.53 Å². The van der Waals surface area contributed by atoms with Crippen LogP contribution in [0.25, 0.3) is 16.8 Å². The fourth-order valence-corrected chi connectivity index (χ4v) is 4.51. The van der Waals surface area contributed by atoms with Gasteiger partial charge in [0, 0.05) is 44.0 Å². The van der Waals surface area contributed by atoms with Gasteiger partial charge >= 0.3 is 0 Å². The van der Waals surface area contributed by atoms with Crippen LogP contribution in [-0.2, 0) is 4.79 Å². The summed E-state index contributed by atoms with van der Waals surface area (Å²) < 4.78 is 7.20. The molecule has 164 valence electrons. The first kappa shape index (κ1) is 21.1. The standard InChI is InChI=1S/C23H30N6O2/c1-15(2)12-18(22(30)24-3)16-7-10-28(14-16)20-8-11-29-21(27-20)19(13-26-29)17-6-5-9-25-23(17)31-4/h5-6,8-9,11,13,15-16,18H,7,10,12,14H2,1-4H3,(H,24,30)/t16-,18?/m1/s1. The van der Waals surface area contributed by atoms with Gasteiger partial charge in [0.2, 0.25) is 11.8 Å². The first-order valence-electron chi connectivity index (χ1n) is 10.8. The highest BCUT2D eigenvalue weighted by Crippen LogP contribution is 2.34. The minimum atomic E-state index is 0.0314. The van der Waals surface area contributed by atoms with E-state index in [1.54, 1.807) is 31.1 Å². The molecule has 1 unspecified atom stereocenters. The van der Waals surface area contributed by atoms with Gasteiger partial charge in [-0.3, -0.25) is 4.79 Å². The average molecular weight is 423 g/mol. The fourth-order valence-electron chi connectivity index (χ4n) is 4.51. The van der Waals surface area contributed by atoms with Crippen LogP contribution in [0.1, 0.15) is 26.7 Å². The number of nitrogens with zero attached hydrogens (tertiary/aromatic N) is 5. The minimum Gasteiger partial charge on any atom is -0.481 e. The van der Waals surface area contributed by atoms with Gasteiger partial charge in [-0.05, 0) is 42.9 Å². The monoisotopic (exact) mass is 422 g/mol. The average Bonchev–Trinajstić information content (AvgIpc) is 3.43. The third kappa shape index (κ3) is 4.19. The second-order valence-electron chi connectivity index (χ2n) is 8.52. The Morgan fingerprint density at radius 2 is 2.16 bits per heavy atom. The van der Waals surface area contributed by atoms with Crippen molar-refractivity contribution in [2.75, 3.05) is 32.1 Å². The zero-order valence-electron chi connectivity index (χ0n) is 18.6. The van der Waals surface area contributed by atoms with Crippen molar-refractivity contribution in [3.8, 4) is 17.0 Å². The van der Waals surface area contributed by atoms with Crippen LogP contribution in [0.2, 0.25) is 0 Å². The molecule has 0 spiro atoms. The summed E-state index contributed by atoms with van der Waals surface area (Å²) in [6.07, 6.45) is 7.32. The number of carbonyl (C=O) groups is 1. The number of amides is 1. The Morgan fingerprint density at radius 3 is 2.90 bits per heavy atom. The number of hydrogen-bond acceptors (Lipinski definition) is 6. The summed E-state index contributed by atoms with van der Waals surface area (Å²) in [7, 11) is 3.34. The van der Waals surface area contributed by atoms with Crippen LogP contribution in [0.3, 0.4) is 0 Å². The molecule has 1 aliphatic heterocycles. The van der Waals surface area contributed by atoms with Crippen LogP contribution in [0, 0.1) is 17.8 Å². The number of rotatable bonds is 7. The van der Waals surface area contributed by atoms with Crippen LogP contribution in [0.15, 0.2) is 36.8 Å². The van der Waals surface area contributed by atoms with Gasteiger partial charge in [0.15, 0.2) is 5.65 Å². The molecule has 4 rings (SSSR count). The van der Waals surface area contributed by atoms with Gasteiger partial charge in [-0.1, -0.05) is 13.8 Å². The molecule has 4 heterocycles. The molecule has 8 heteroatoms. The smallest absolute Gasteiger partial charge is 0.223 e. The topological polar surface area (TPSA) is 84.7 Å². The maximum absolute atomic E-state index is 12.5. The molecule has 3 aromatic rings. The molecule has 0 bridgehead atoms. The largest absolute Gasteiger partial charge is 0.481 e. The molecular formula is C23H30N6O2. The first-order chi connectivity index (χ1) is 15.0. The van der Waals surface area contributed by atoms with E-state index in [0.29, 0.717) is 17.7 Å². The van der Waals surface area contributed by atoms with Crippen LogP contribution in [0.5, 0.6) is 5.88 Å². The predicted octanol–water partition coefficient (Wildman–Crippen LogP) is 3.03. The molecule has 8 nitrogen and oxygen atoms in total. The van der Waals surface area contributed by atoms with Crippen LogP contribution in [-0.4, -0.2) is 52.7 Å². The maximum Gasteiger partial charge on any atom is 0.223 e. The van der Waals surface area contributed by atoms with Crippen LogP contribution in [0.4, 0.5) is 5.82 Å². The molecule has 1 aliphatic rings. The second kappa shape index (κ2) is 8.91. The van der Waals surface area contributed by atoms with Crippen molar-refractivity contribution >= 4 is 17.4 Å². The zero-order valence-corrected chi connectivity index (χ0v) is 18.6. The van der Waals surface area contributed by atoms with Crippen LogP contribution < -0.4 is 15.0 Å². The van der Waals surface area contributed by atoms with Crippen LogP contribution >= 0.6 is 0 Å². The Balaban J connectivity index is 1.61. The summed E-state index contributed by atoms with van der Waals surface area (Å²) in [5.74, 6) is 2.43. The Hall–Kier alpha value is -3.16. The van der Waals surface area contributed by atoms with Gasteiger partial charge in [-0.25, -0.2) is 14.5 Å². The third-order valence-electron chi connectivity index (χ3n) is 6.04. The van der Waals surface area contributed by atoms with E-state index in [0.717, 1.165) is 48.5 Å². The summed E-state index contributed by atoms with van der Waals surface area (Å²) >= 11 is 0. The summed E-state index contributed by atoms with van der Waals surface area (Å²) in [4.78, 5) is 24.0. The molecule has 1 fully saturated rings. The van der Waals surface area contributed by atoms with Gasteiger partial charge in [-0.15, -0.1) is 0 Å². The number of nitrogens with one attached hydrogen (secondary N) is 1. The molecule has 1 saturated heterocycles. The fraction of sp³-hybridized carbons (Fsp3) is 0.478. The molecule has 2 atom stereocenters. The maximum atomic E-state index is 12.5. The van der Waals surface area contributed by atoms with Crippen molar-refractivity contribution in [2.45, 2.75) is 26.7 Å². The van der Waals surface area contributed by atoms with Gasteiger partial charge in [0.25, 0.3) is 0 Å². The Morgan fingerprint density at radius 1 is 1.32 bits per heavy atom. The van der Waals surface area contributed by atoms with Gasteiger partial charge in [0.1, 0.15) is 5.82 Å². The molecular weight excluding hydrogens is 392 g/mol. The lowest BCUT2D eigenvalue weighted by Gasteiger charge is -2.24. The van der Waals surface area contributed by atoms with Crippen molar-refractivity contribution in [3.05, 3.63) is 36.8 Å². The van der Waals surface area contributed by atoms with Gasteiger partial charge in [0.05, 0.1) is 18.9 Å². The van der Waals surface area contributed by atoms with E-state index in [1.807, 2.05) is 24.4 Å². The van der Waals surface area contributed by atoms with E-state index < -0.39 is 0 Å². The minimum absolute atomic E-state index is 0.0314. The van der Waals surface area contributed by atoms with Crippen molar-refractivity contribution in [3.63, 3.8) is 0 Å². The molecule has 1 N–H and O–H groups in total. The number of anilines is 1. The third-order valence-corrected chi connectivity index (χ3v) is 6.04. The number of methoxy groups -OCH3 is 1. The molecule has 0 radical (unpaired) electrons. The quantitative estimate of drug-likeness (QED) is 0.630. The Kier molecular flexibility index (Phi) is 6.06. The summed E-state index contributed by atoms with van der Waals surface area (Å²) in [6.45, 7) is 6.06. The second-order valence-corrected chi connectivity index (χ2v) is 8.52. The first-order valence-corrected chi connectivity index (χ1v) is 10.8. The molecule has 0 saturated carbocycles.